The summed E-state index contributed by atoms with van der Waals surface area (Å²) in [6.07, 6.45) is -8.09. The minimum absolute atomic E-state index is 0.0311. The molecule has 0 unspecified atom stereocenters. The van der Waals surface area contributed by atoms with Crippen molar-refractivity contribution in [1.29, 1.82) is 0 Å². The number of esters is 5. The molecule has 15 heteroatoms. The van der Waals surface area contributed by atoms with Crippen molar-refractivity contribution >= 4 is 41.6 Å². The van der Waals surface area contributed by atoms with Crippen LogP contribution in [0.2, 0.25) is 0 Å². The van der Waals surface area contributed by atoms with E-state index in [0.29, 0.717) is 0 Å². The zero-order valence-corrected chi connectivity index (χ0v) is 31.6. The Morgan fingerprint density at radius 1 is 0.527 bits per heavy atom. The number of thioether (sulfide) groups is 1. The van der Waals surface area contributed by atoms with Gasteiger partial charge in [-0.25, -0.2) is 4.79 Å². The second-order valence-corrected chi connectivity index (χ2v) is 13.9. The highest BCUT2D eigenvalue weighted by atomic mass is 32.2. The molecule has 0 spiro atoms. The summed E-state index contributed by atoms with van der Waals surface area (Å²) in [4.78, 5) is 62.8. The van der Waals surface area contributed by atoms with Gasteiger partial charge in [-0.3, -0.25) is 19.2 Å². The molecule has 2 fully saturated rings. The van der Waals surface area contributed by atoms with E-state index >= 15 is 0 Å². The lowest BCUT2D eigenvalue weighted by Gasteiger charge is -2.44. The van der Waals surface area contributed by atoms with Crippen LogP contribution in [-0.4, -0.2) is 96.7 Å². The quantitative estimate of drug-likeness (QED) is 0.147. The number of rotatable bonds is 16. The van der Waals surface area contributed by atoms with Crippen molar-refractivity contribution in [1.82, 2.24) is 0 Å². The van der Waals surface area contributed by atoms with Crippen LogP contribution in [0.3, 0.4) is 0 Å². The number of carbonyl (C=O) groups excluding carboxylic acids is 5. The van der Waals surface area contributed by atoms with E-state index in [4.69, 9.17) is 42.6 Å². The van der Waals surface area contributed by atoms with E-state index in [-0.39, 0.29) is 25.4 Å². The molecule has 0 bridgehead atoms. The van der Waals surface area contributed by atoms with Crippen molar-refractivity contribution in [3.8, 4) is 0 Å². The second kappa shape index (κ2) is 20.2. The summed E-state index contributed by atoms with van der Waals surface area (Å²) >= 11 is 0.966. The van der Waals surface area contributed by atoms with Crippen molar-refractivity contribution in [3.05, 3.63) is 108 Å². The van der Waals surface area contributed by atoms with E-state index in [1.165, 1.54) is 6.92 Å². The van der Waals surface area contributed by atoms with Crippen molar-refractivity contribution in [2.45, 2.75) is 94.5 Å². The van der Waals surface area contributed by atoms with Gasteiger partial charge in [0.15, 0.2) is 24.4 Å². The van der Waals surface area contributed by atoms with Crippen molar-refractivity contribution in [2.75, 3.05) is 13.2 Å². The van der Waals surface area contributed by atoms with Gasteiger partial charge in [0.1, 0.15) is 35.8 Å². The summed E-state index contributed by atoms with van der Waals surface area (Å²) in [5.41, 5.74) is -0.209. The number of carbonyl (C=O) groups is 5. The van der Waals surface area contributed by atoms with E-state index in [1.807, 2.05) is 60.7 Å². The first-order valence-corrected chi connectivity index (χ1v) is 18.6. The van der Waals surface area contributed by atoms with Crippen LogP contribution in [-0.2, 0) is 75.0 Å². The van der Waals surface area contributed by atoms with Gasteiger partial charge in [-0.05, 0) is 23.3 Å². The number of hydrogen-bond acceptors (Lipinski definition) is 15. The molecular weight excluding hydrogens is 736 g/mol. The Hall–Kier alpha value is -4.80. The molecule has 9 atom stereocenters. The molecule has 0 aromatic heterocycles. The highest BCUT2D eigenvalue weighted by molar-refractivity contribution is 8.00. The Morgan fingerprint density at radius 3 is 1.55 bits per heavy atom. The molecule has 2 heterocycles. The lowest BCUT2D eigenvalue weighted by molar-refractivity contribution is -0.237. The van der Waals surface area contributed by atoms with Crippen LogP contribution in [0.15, 0.2) is 91.0 Å². The third kappa shape index (κ3) is 12.1. The summed E-state index contributed by atoms with van der Waals surface area (Å²) in [7, 11) is 0. The maximum atomic E-state index is 13.7. The van der Waals surface area contributed by atoms with Crippen LogP contribution in [0, 0.1) is 0 Å². The highest BCUT2D eigenvalue weighted by Crippen LogP contribution is 2.42. The average Bonchev–Trinajstić information content (AvgIpc) is 3.47. The van der Waals surface area contributed by atoms with Crippen LogP contribution in [0.25, 0.3) is 0 Å². The van der Waals surface area contributed by atoms with Gasteiger partial charge in [0.2, 0.25) is 0 Å². The molecule has 2 saturated heterocycles. The summed E-state index contributed by atoms with van der Waals surface area (Å²) in [6, 6.07) is 27.4. The van der Waals surface area contributed by atoms with E-state index in [9.17, 15) is 24.0 Å². The molecular formula is C40H44O14S. The normalized spacial score (nSPS) is 26.0. The Balaban J connectivity index is 1.50. The molecule has 2 aliphatic rings. The van der Waals surface area contributed by atoms with Crippen molar-refractivity contribution in [3.63, 3.8) is 0 Å². The topological polar surface area (TPSA) is 168 Å². The molecule has 55 heavy (non-hydrogen) atoms. The monoisotopic (exact) mass is 780 g/mol. The van der Waals surface area contributed by atoms with Gasteiger partial charge in [0.25, 0.3) is 0 Å². The van der Waals surface area contributed by atoms with Gasteiger partial charge in [0.05, 0.1) is 25.4 Å². The SMILES string of the molecule is CC(=O)OC[C@H]1O[C@@H](S[C@@H]2O[C@H](COCc3ccccc3)[C@H](OCc3ccccc3)[C@H]2OC(=O)c2ccccc2)[C@H](OC(C)=O)[C@@H](OC(C)=O)[C@@H]1OC(C)=O. The number of benzene rings is 3. The zero-order valence-electron chi connectivity index (χ0n) is 30.8. The second-order valence-electron chi connectivity index (χ2n) is 12.7. The van der Waals surface area contributed by atoms with Gasteiger partial charge in [-0.1, -0.05) is 90.6 Å². The molecule has 0 aliphatic carbocycles. The van der Waals surface area contributed by atoms with E-state index in [2.05, 4.69) is 0 Å². The molecule has 5 rings (SSSR count). The molecule has 0 radical (unpaired) electrons. The predicted molar refractivity (Wildman–Crippen MR) is 195 cm³/mol. The molecule has 0 N–H and O–H groups in total. The van der Waals surface area contributed by atoms with E-state index in [0.717, 1.165) is 43.7 Å². The number of ether oxygens (including phenoxy) is 9. The molecule has 0 amide bonds. The standard InChI is InChI=1S/C40H44O14S/c1-24(41)47-23-32-34(49-25(2)42)35(50-26(3)43)37(51-27(4)44)40(53-32)55-39-36(54-38(45)30-18-12-7-13-19-30)33(48-21-29-16-10-6-11-17-29)31(52-39)22-46-20-28-14-8-5-9-15-28/h5-19,31-37,39-40H,20-23H2,1-4H3/t31-,32-,33+,34-,35+,36-,37-,39+,40+/m1/s1. The number of hydrogen-bond donors (Lipinski definition) is 0. The largest absolute Gasteiger partial charge is 0.463 e. The highest BCUT2D eigenvalue weighted by Gasteiger charge is 2.56. The summed E-state index contributed by atoms with van der Waals surface area (Å²) in [6.45, 7) is 4.65. The first kappa shape index (κ1) is 41.4. The van der Waals surface area contributed by atoms with Gasteiger partial charge in [0, 0.05) is 27.7 Å². The Morgan fingerprint density at radius 2 is 1.00 bits per heavy atom. The summed E-state index contributed by atoms with van der Waals surface area (Å²) < 4.78 is 53.8. The third-order valence-electron chi connectivity index (χ3n) is 8.42. The molecule has 294 valence electrons. The maximum absolute atomic E-state index is 13.7. The van der Waals surface area contributed by atoms with Crippen LogP contribution in [0.5, 0.6) is 0 Å². The third-order valence-corrected chi connectivity index (χ3v) is 9.71. The average molecular weight is 781 g/mol. The molecule has 3 aromatic rings. The van der Waals surface area contributed by atoms with Crippen molar-refractivity contribution in [2.24, 2.45) is 0 Å². The first-order valence-electron chi connectivity index (χ1n) is 17.6. The van der Waals surface area contributed by atoms with Crippen LogP contribution >= 0.6 is 11.8 Å². The molecule has 14 nitrogen and oxygen atoms in total. The van der Waals surface area contributed by atoms with Gasteiger partial charge < -0.3 is 42.6 Å². The Bertz CT molecular complexity index is 1730. The van der Waals surface area contributed by atoms with Crippen LogP contribution in [0.1, 0.15) is 49.2 Å². The minimum Gasteiger partial charge on any atom is -0.463 e. The van der Waals surface area contributed by atoms with Gasteiger partial charge in [-0.2, -0.15) is 0 Å². The zero-order chi connectivity index (χ0) is 39.3. The maximum Gasteiger partial charge on any atom is 0.338 e. The minimum atomic E-state index is -1.40. The first-order chi connectivity index (χ1) is 26.5. The fourth-order valence-corrected chi connectivity index (χ4v) is 7.50. The van der Waals surface area contributed by atoms with Crippen molar-refractivity contribution < 1.29 is 66.6 Å². The van der Waals surface area contributed by atoms with E-state index in [1.54, 1.807) is 30.3 Å². The molecule has 2 aliphatic heterocycles. The fraction of sp³-hybridized carbons (Fsp3) is 0.425. The Kier molecular flexibility index (Phi) is 15.2. The summed E-state index contributed by atoms with van der Waals surface area (Å²) in [5.74, 6) is -3.58. The van der Waals surface area contributed by atoms with Gasteiger partial charge >= 0.3 is 29.8 Å². The lowest BCUT2D eigenvalue weighted by atomic mass is 9.99. The van der Waals surface area contributed by atoms with Crippen LogP contribution in [0.4, 0.5) is 0 Å². The predicted octanol–water partition coefficient (Wildman–Crippen LogP) is 4.56. The molecule has 3 aromatic carbocycles. The lowest BCUT2D eigenvalue weighted by Crippen LogP contribution is -2.62. The van der Waals surface area contributed by atoms with Gasteiger partial charge in [-0.15, -0.1) is 0 Å². The van der Waals surface area contributed by atoms with E-state index < -0.39 is 90.1 Å². The molecule has 0 saturated carbocycles. The fourth-order valence-electron chi connectivity index (χ4n) is 6.09. The van der Waals surface area contributed by atoms with Crippen LogP contribution < -0.4 is 0 Å². The summed E-state index contributed by atoms with van der Waals surface area (Å²) in [5, 5.41) is 0. The smallest absolute Gasteiger partial charge is 0.338 e. The Labute approximate surface area is 323 Å².